The maximum absolute atomic E-state index is 11.0. The van der Waals surface area contributed by atoms with Gasteiger partial charge in [0.1, 0.15) is 0 Å². The van der Waals surface area contributed by atoms with Gasteiger partial charge in [-0.2, -0.15) is 0 Å². The maximum Gasteiger partial charge on any atom is 0.374 e. The monoisotopic (exact) mass is 256 g/mol. The number of hydrogen-bond donors (Lipinski definition) is 0. The van der Waals surface area contributed by atoms with Gasteiger partial charge in [0, 0.05) is 0 Å². The summed E-state index contributed by atoms with van der Waals surface area (Å²) in [6, 6.07) is 0. The Morgan fingerprint density at radius 2 is 0.944 bits per heavy atom. The molecule has 0 saturated carbocycles. The van der Waals surface area contributed by atoms with Crippen molar-refractivity contribution in [1.29, 1.82) is 0 Å². The second kappa shape index (κ2) is 5.23. The number of nitrogens with zero attached hydrogens (tertiary/aromatic N) is 2. The first-order valence-electron chi connectivity index (χ1n) is 5.44. The molecule has 0 aromatic carbocycles. The molecule has 0 aromatic heterocycles. The van der Waals surface area contributed by atoms with Crippen LogP contribution < -0.4 is 9.80 Å². The minimum atomic E-state index is -0.583. The first-order chi connectivity index (χ1) is 8.52. The van der Waals surface area contributed by atoms with Crippen molar-refractivity contribution in [3.05, 3.63) is 0 Å². The molecule has 0 bridgehead atoms. The van der Waals surface area contributed by atoms with Crippen LogP contribution in [0, 0.1) is 0 Å². The summed E-state index contributed by atoms with van der Waals surface area (Å²) in [5.74, 6) is -2.33. The number of hydrogen-bond acceptors (Lipinski definition) is 8. The lowest BCUT2D eigenvalue weighted by atomic mass is 10.3. The standard InChI is InChI=1S/C10H12N2O6/c13-7-3-11(4-8(14)17-7)1-2-12-5-9(15)18-10(16)6-12/h1-6H2/q+2. The maximum atomic E-state index is 11.0. The largest absolute Gasteiger partial charge is 0.384 e. The second-order valence-electron chi connectivity index (χ2n) is 4.11. The van der Waals surface area contributed by atoms with Crippen LogP contribution >= 0.6 is 0 Å². The second-order valence-corrected chi connectivity index (χ2v) is 4.11. The molecular weight excluding hydrogens is 244 g/mol. The zero-order chi connectivity index (χ0) is 13.1. The number of ether oxygens (including phenoxy) is 2. The average Bonchev–Trinajstić information content (AvgIpc) is 2.23. The zero-order valence-corrected chi connectivity index (χ0v) is 9.59. The topological polar surface area (TPSA) is 98.5 Å². The number of carbonyl (C=O) groups excluding carboxylic acids is 4. The summed E-state index contributed by atoms with van der Waals surface area (Å²) in [7, 11) is 0. The molecular formula is C10H12N2O6+2. The van der Waals surface area contributed by atoms with E-state index in [1.54, 1.807) is 9.80 Å². The van der Waals surface area contributed by atoms with E-state index >= 15 is 0 Å². The molecule has 0 aliphatic carbocycles. The van der Waals surface area contributed by atoms with Crippen molar-refractivity contribution < 1.29 is 28.7 Å². The number of cyclic esters (lactones) is 4. The molecule has 0 unspecified atom stereocenters. The summed E-state index contributed by atoms with van der Waals surface area (Å²) >= 11 is 0. The highest BCUT2D eigenvalue weighted by Gasteiger charge is 2.37. The summed E-state index contributed by atoms with van der Waals surface area (Å²) in [5, 5.41) is 0. The number of morpholine rings is 2. The van der Waals surface area contributed by atoms with Gasteiger partial charge in [-0.05, 0) is 0 Å². The summed E-state index contributed by atoms with van der Waals surface area (Å²) in [4.78, 5) is 47.3. The lowest BCUT2D eigenvalue weighted by molar-refractivity contribution is -0.166. The molecule has 2 heterocycles. The minimum absolute atomic E-state index is 0.0397. The highest BCUT2D eigenvalue weighted by atomic mass is 16.6. The molecule has 8 nitrogen and oxygen atoms in total. The van der Waals surface area contributed by atoms with Gasteiger partial charge in [0.05, 0.1) is 0 Å². The SMILES string of the molecule is O=C1C[N+](CC[N+]2CC(=O)OC(=O)C2)CC(=O)O1. The molecule has 0 N–H and O–H groups in total. The fraction of sp³-hybridized carbons (Fsp3) is 0.600. The average molecular weight is 256 g/mol. The first kappa shape index (κ1) is 12.7. The Morgan fingerprint density at radius 1 is 0.667 bits per heavy atom. The predicted molar refractivity (Wildman–Crippen MR) is 55.7 cm³/mol. The van der Waals surface area contributed by atoms with E-state index in [1.807, 2.05) is 0 Å². The van der Waals surface area contributed by atoms with Crippen molar-refractivity contribution in [2.45, 2.75) is 0 Å². The Kier molecular flexibility index (Phi) is 3.68. The number of rotatable bonds is 3. The molecule has 2 fully saturated rings. The van der Waals surface area contributed by atoms with Gasteiger partial charge < -0.3 is 9.47 Å². The van der Waals surface area contributed by atoms with Crippen LogP contribution in [-0.4, -0.2) is 63.1 Å². The Labute approximate surface area is 102 Å². The molecule has 96 valence electrons. The van der Waals surface area contributed by atoms with E-state index in [4.69, 9.17) is 0 Å². The fourth-order valence-electron chi connectivity index (χ4n) is 1.82. The van der Waals surface area contributed by atoms with Crippen molar-refractivity contribution in [3.63, 3.8) is 0 Å². The predicted octanol–water partition coefficient (Wildman–Crippen LogP) is -2.57. The highest BCUT2D eigenvalue weighted by Crippen LogP contribution is 2.00. The summed E-state index contributed by atoms with van der Waals surface area (Å²) in [5.41, 5.74) is 0. The van der Waals surface area contributed by atoms with E-state index in [2.05, 4.69) is 9.47 Å². The molecule has 2 radical (unpaired) electrons. The lowest BCUT2D eigenvalue weighted by Gasteiger charge is -2.17. The quantitative estimate of drug-likeness (QED) is 0.313. The molecule has 0 atom stereocenters. The molecule has 2 saturated heterocycles. The highest BCUT2D eigenvalue weighted by molar-refractivity contribution is 5.91. The van der Waals surface area contributed by atoms with E-state index in [1.165, 1.54) is 0 Å². The summed E-state index contributed by atoms with van der Waals surface area (Å²) in [6.45, 7) is 0.967. The Hall–Kier alpha value is -1.80. The van der Waals surface area contributed by atoms with Crippen LogP contribution in [-0.2, 0) is 28.7 Å². The number of carbonyl (C=O) groups is 4. The van der Waals surface area contributed by atoms with Crippen LogP contribution in [0.3, 0.4) is 0 Å². The van der Waals surface area contributed by atoms with Crippen LogP contribution in [0.2, 0.25) is 0 Å². The van der Waals surface area contributed by atoms with E-state index in [-0.39, 0.29) is 26.2 Å². The van der Waals surface area contributed by atoms with E-state index in [0.717, 1.165) is 0 Å². The molecule has 0 spiro atoms. The molecule has 2 aliphatic rings. The first-order valence-corrected chi connectivity index (χ1v) is 5.44. The van der Waals surface area contributed by atoms with Crippen molar-refractivity contribution in [3.8, 4) is 0 Å². The number of esters is 4. The van der Waals surface area contributed by atoms with Gasteiger partial charge >= 0.3 is 23.9 Å². The third-order valence-corrected chi connectivity index (χ3v) is 2.60. The van der Waals surface area contributed by atoms with Crippen molar-refractivity contribution in [2.24, 2.45) is 0 Å². The van der Waals surface area contributed by atoms with Crippen LogP contribution in [0.4, 0.5) is 0 Å². The third-order valence-electron chi connectivity index (χ3n) is 2.60. The normalized spacial score (nSPS) is 22.9. The molecule has 2 aliphatic heterocycles. The molecule has 18 heavy (non-hydrogen) atoms. The van der Waals surface area contributed by atoms with Gasteiger partial charge in [0.15, 0.2) is 13.1 Å². The van der Waals surface area contributed by atoms with E-state index in [9.17, 15) is 19.2 Å². The van der Waals surface area contributed by atoms with Gasteiger partial charge in [-0.3, -0.25) is 0 Å². The molecule has 0 aromatic rings. The van der Waals surface area contributed by atoms with Gasteiger partial charge in [-0.1, -0.05) is 0 Å². The Morgan fingerprint density at radius 3 is 1.22 bits per heavy atom. The van der Waals surface area contributed by atoms with Crippen LogP contribution in [0.1, 0.15) is 0 Å². The van der Waals surface area contributed by atoms with Gasteiger partial charge in [0.25, 0.3) is 0 Å². The van der Waals surface area contributed by atoms with Crippen molar-refractivity contribution >= 4 is 23.9 Å². The fourth-order valence-corrected chi connectivity index (χ4v) is 1.82. The van der Waals surface area contributed by atoms with E-state index in [0.29, 0.717) is 13.1 Å². The van der Waals surface area contributed by atoms with Gasteiger partial charge in [-0.15, -0.1) is 9.80 Å². The smallest absolute Gasteiger partial charge is 0.374 e. The minimum Gasteiger partial charge on any atom is -0.384 e. The summed E-state index contributed by atoms with van der Waals surface area (Å²) in [6.07, 6.45) is 0. The summed E-state index contributed by atoms with van der Waals surface area (Å²) < 4.78 is 8.76. The molecule has 8 heteroatoms. The van der Waals surface area contributed by atoms with Crippen molar-refractivity contribution in [2.75, 3.05) is 39.3 Å². The Balaban J connectivity index is 1.80. The van der Waals surface area contributed by atoms with Gasteiger partial charge in [0.2, 0.25) is 26.2 Å². The van der Waals surface area contributed by atoms with Gasteiger partial charge in [-0.25, -0.2) is 19.2 Å². The lowest BCUT2D eigenvalue weighted by Crippen LogP contribution is -2.54. The molecule has 0 amide bonds. The van der Waals surface area contributed by atoms with Crippen LogP contribution in [0.5, 0.6) is 0 Å². The van der Waals surface area contributed by atoms with Crippen LogP contribution in [0.15, 0.2) is 0 Å². The third kappa shape index (κ3) is 3.34. The van der Waals surface area contributed by atoms with E-state index < -0.39 is 23.9 Å². The molecule has 2 rings (SSSR count). The van der Waals surface area contributed by atoms with Crippen molar-refractivity contribution in [1.82, 2.24) is 9.80 Å². The zero-order valence-electron chi connectivity index (χ0n) is 9.59. The van der Waals surface area contributed by atoms with Crippen LogP contribution in [0.25, 0.3) is 0 Å². The Bertz CT molecular complexity index is 337.